The number of benzene rings is 2. The zero-order chi connectivity index (χ0) is 21.8. The van der Waals surface area contributed by atoms with Crippen molar-refractivity contribution < 1.29 is 19.1 Å². The molecule has 0 unspecified atom stereocenters. The van der Waals surface area contributed by atoms with Gasteiger partial charge in [0.25, 0.3) is 5.91 Å². The lowest BCUT2D eigenvalue weighted by atomic mass is 10.1. The number of hydrogen-bond acceptors (Lipinski definition) is 4. The van der Waals surface area contributed by atoms with Crippen LogP contribution in [0.15, 0.2) is 42.5 Å². The van der Waals surface area contributed by atoms with Crippen LogP contribution in [0, 0.1) is 0 Å². The van der Waals surface area contributed by atoms with Crippen molar-refractivity contribution >= 4 is 52.3 Å². The van der Waals surface area contributed by atoms with Crippen molar-refractivity contribution in [3.8, 4) is 5.75 Å². The van der Waals surface area contributed by atoms with Crippen LogP contribution in [0.25, 0.3) is 0 Å². The van der Waals surface area contributed by atoms with Crippen LogP contribution in [0.5, 0.6) is 5.75 Å². The van der Waals surface area contributed by atoms with Crippen LogP contribution >= 0.6 is 23.2 Å². The molecule has 1 N–H and O–H groups in total. The zero-order valence-corrected chi connectivity index (χ0v) is 18.0. The summed E-state index contributed by atoms with van der Waals surface area (Å²) in [5, 5.41) is 3.57. The Morgan fingerprint density at radius 3 is 2.73 bits per heavy atom. The molecule has 0 fully saturated rings. The van der Waals surface area contributed by atoms with E-state index < -0.39 is 5.91 Å². The number of carbonyl (C=O) groups excluding carboxylic acids is 3. The van der Waals surface area contributed by atoms with E-state index in [0.717, 1.165) is 0 Å². The number of amides is 3. The lowest BCUT2D eigenvalue weighted by Crippen LogP contribution is -2.46. The molecule has 0 saturated carbocycles. The Morgan fingerprint density at radius 1 is 1.23 bits per heavy atom. The van der Waals surface area contributed by atoms with Crippen molar-refractivity contribution in [1.29, 1.82) is 0 Å². The molecule has 3 amide bonds. The van der Waals surface area contributed by atoms with Gasteiger partial charge >= 0.3 is 0 Å². The molecule has 7 nitrogen and oxygen atoms in total. The van der Waals surface area contributed by atoms with Crippen LogP contribution < -0.4 is 15.0 Å². The fourth-order valence-corrected chi connectivity index (χ4v) is 3.51. The average Bonchev–Trinajstić information content (AvgIpc) is 2.82. The van der Waals surface area contributed by atoms with E-state index in [-0.39, 0.29) is 43.2 Å². The SMILES string of the molecule is C[C@@H]1CC(=O)Nc2ccccc2N1C(=O)CN(C)C(=O)COc1cc(Cl)ccc1Cl. The number of nitrogens with one attached hydrogen (secondary N) is 1. The van der Waals surface area contributed by atoms with E-state index in [4.69, 9.17) is 27.9 Å². The van der Waals surface area contributed by atoms with E-state index in [9.17, 15) is 14.4 Å². The monoisotopic (exact) mass is 449 g/mol. The minimum absolute atomic E-state index is 0.161. The molecular weight excluding hydrogens is 429 g/mol. The third-order valence-corrected chi connectivity index (χ3v) is 5.22. The van der Waals surface area contributed by atoms with Gasteiger partial charge in [0.1, 0.15) is 5.75 Å². The zero-order valence-electron chi connectivity index (χ0n) is 16.5. The Kier molecular flexibility index (Phi) is 6.84. The first-order valence-corrected chi connectivity index (χ1v) is 10.0. The van der Waals surface area contributed by atoms with Gasteiger partial charge in [0.2, 0.25) is 11.8 Å². The van der Waals surface area contributed by atoms with Crippen molar-refractivity contribution in [2.24, 2.45) is 0 Å². The van der Waals surface area contributed by atoms with Crippen LogP contribution in [0.3, 0.4) is 0 Å². The number of hydrogen-bond donors (Lipinski definition) is 1. The van der Waals surface area contributed by atoms with E-state index in [0.29, 0.717) is 21.4 Å². The molecule has 0 saturated heterocycles. The summed E-state index contributed by atoms with van der Waals surface area (Å²) in [4.78, 5) is 40.4. The number of nitrogens with zero attached hydrogens (tertiary/aromatic N) is 2. The second-order valence-corrected chi connectivity index (χ2v) is 7.84. The maximum absolute atomic E-state index is 13.0. The molecule has 0 spiro atoms. The summed E-state index contributed by atoms with van der Waals surface area (Å²) in [6, 6.07) is 11.4. The van der Waals surface area contributed by atoms with E-state index in [2.05, 4.69) is 5.32 Å². The highest BCUT2D eigenvalue weighted by molar-refractivity contribution is 6.34. The van der Waals surface area contributed by atoms with Crippen molar-refractivity contribution in [2.75, 3.05) is 30.4 Å². The number of rotatable bonds is 5. The molecule has 0 bridgehead atoms. The molecule has 1 aliphatic heterocycles. The van der Waals surface area contributed by atoms with Crippen molar-refractivity contribution in [1.82, 2.24) is 4.90 Å². The molecule has 9 heteroatoms. The number of anilines is 2. The predicted molar refractivity (Wildman–Crippen MR) is 116 cm³/mol. The van der Waals surface area contributed by atoms with Gasteiger partial charge in [-0.2, -0.15) is 0 Å². The normalized spacial score (nSPS) is 15.7. The standard InChI is InChI=1S/C21H21Cl2N3O4/c1-13-9-19(27)24-16-5-3-4-6-17(16)26(13)20(28)11-25(2)21(29)12-30-18-10-14(22)7-8-15(18)23/h3-8,10,13H,9,11-12H2,1-2H3,(H,24,27)/t13-/m1/s1. The molecule has 1 atom stereocenters. The third-order valence-electron chi connectivity index (χ3n) is 4.67. The highest BCUT2D eigenvalue weighted by Crippen LogP contribution is 2.31. The van der Waals surface area contributed by atoms with E-state index in [1.807, 2.05) is 0 Å². The lowest BCUT2D eigenvalue weighted by molar-refractivity contribution is -0.135. The molecule has 0 aliphatic carbocycles. The fourth-order valence-electron chi connectivity index (χ4n) is 3.17. The maximum atomic E-state index is 13.0. The second kappa shape index (κ2) is 9.36. The number of halogens is 2. The first-order chi connectivity index (χ1) is 14.3. The Balaban J connectivity index is 1.68. The molecule has 0 aromatic heterocycles. The highest BCUT2D eigenvalue weighted by atomic mass is 35.5. The van der Waals surface area contributed by atoms with Crippen LogP contribution in [0.1, 0.15) is 13.3 Å². The third kappa shape index (κ3) is 5.04. The van der Waals surface area contributed by atoms with Crippen molar-refractivity contribution in [3.05, 3.63) is 52.5 Å². The molecule has 2 aromatic rings. The predicted octanol–water partition coefficient (Wildman–Crippen LogP) is 3.59. The largest absolute Gasteiger partial charge is 0.482 e. The van der Waals surface area contributed by atoms with Gasteiger partial charge in [0, 0.05) is 30.6 Å². The number of carbonyl (C=O) groups is 3. The average molecular weight is 450 g/mol. The summed E-state index contributed by atoms with van der Waals surface area (Å²) >= 11 is 11.9. The molecule has 3 rings (SSSR count). The number of para-hydroxylation sites is 2. The number of fused-ring (bicyclic) bond motifs is 1. The first kappa shape index (κ1) is 21.9. The van der Waals surface area contributed by atoms with Gasteiger partial charge in [-0.3, -0.25) is 14.4 Å². The minimum atomic E-state index is -0.399. The van der Waals surface area contributed by atoms with Crippen LogP contribution in [-0.2, 0) is 14.4 Å². The Hall–Kier alpha value is -2.77. The van der Waals surface area contributed by atoms with Gasteiger partial charge in [0.15, 0.2) is 6.61 Å². The summed E-state index contributed by atoms with van der Waals surface area (Å²) < 4.78 is 5.45. The number of likely N-dealkylation sites (N-methyl/N-ethyl adjacent to an activating group) is 1. The number of ether oxygens (including phenoxy) is 1. The van der Waals surface area contributed by atoms with Crippen molar-refractivity contribution in [3.63, 3.8) is 0 Å². The van der Waals surface area contributed by atoms with Gasteiger partial charge in [-0.1, -0.05) is 35.3 Å². The van der Waals surface area contributed by atoms with Crippen LogP contribution in [-0.4, -0.2) is 48.9 Å². The summed E-state index contributed by atoms with van der Waals surface area (Å²) in [6.07, 6.45) is 0.161. The van der Waals surface area contributed by atoms with E-state index in [1.165, 1.54) is 18.0 Å². The molecular formula is C21H21Cl2N3O4. The summed E-state index contributed by atoms with van der Waals surface area (Å²) in [7, 11) is 1.51. The first-order valence-electron chi connectivity index (χ1n) is 9.29. The summed E-state index contributed by atoms with van der Waals surface area (Å²) in [5.74, 6) is -0.578. The molecule has 0 radical (unpaired) electrons. The van der Waals surface area contributed by atoms with Gasteiger partial charge in [0.05, 0.1) is 22.9 Å². The summed E-state index contributed by atoms with van der Waals surface area (Å²) in [6.45, 7) is 1.33. The van der Waals surface area contributed by atoms with Crippen LogP contribution in [0.2, 0.25) is 10.0 Å². The lowest BCUT2D eigenvalue weighted by Gasteiger charge is -2.29. The van der Waals surface area contributed by atoms with E-state index >= 15 is 0 Å². The van der Waals surface area contributed by atoms with Gasteiger partial charge in [-0.25, -0.2) is 0 Å². The quantitative estimate of drug-likeness (QED) is 0.755. The van der Waals surface area contributed by atoms with Gasteiger partial charge in [-0.05, 0) is 31.2 Å². The van der Waals surface area contributed by atoms with E-state index in [1.54, 1.807) is 48.2 Å². The topological polar surface area (TPSA) is 79.0 Å². The highest BCUT2D eigenvalue weighted by Gasteiger charge is 2.30. The Morgan fingerprint density at radius 2 is 1.97 bits per heavy atom. The second-order valence-electron chi connectivity index (χ2n) is 7.00. The molecule has 2 aromatic carbocycles. The fraction of sp³-hybridized carbons (Fsp3) is 0.286. The van der Waals surface area contributed by atoms with Gasteiger partial charge in [-0.15, -0.1) is 0 Å². The molecule has 158 valence electrons. The van der Waals surface area contributed by atoms with Gasteiger partial charge < -0.3 is 19.9 Å². The van der Waals surface area contributed by atoms with Crippen LogP contribution in [0.4, 0.5) is 11.4 Å². The Bertz CT molecular complexity index is 982. The van der Waals surface area contributed by atoms with Crippen molar-refractivity contribution in [2.45, 2.75) is 19.4 Å². The maximum Gasteiger partial charge on any atom is 0.260 e. The minimum Gasteiger partial charge on any atom is -0.482 e. The smallest absolute Gasteiger partial charge is 0.260 e. The molecule has 1 aliphatic rings. The Labute approximate surface area is 184 Å². The summed E-state index contributed by atoms with van der Waals surface area (Å²) in [5.41, 5.74) is 1.16. The molecule has 30 heavy (non-hydrogen) atoms. The molecule has 1 heterocycles.